The fourth-order valence-corrected chi connectivity index (χ4v) is 1.45. The molecule has 0 spiro atoms. The largest absolute Gasteiger partial charge is 0.462 e. The average molecular weight is 276 g/mol. The molecule has 1 aromatic rings. The van der Waals surface area contributed by atoms with Crippen LogP contribution in [0.2, 0.25) is 0 Å². The molecule has 0 unspecified atom stereocenters. The Morgan fingerprint density at radius 2 is 1.80 bits per heavy atom. The highest BCUT2D eigenvalue weighted by Gasteiger charge is 2.09. The van der Waals surface area contributed by atoms with Gasteiger partial charge in [-0.05, 0) is 37.6 Å². The van der Waals surface area contributed by atoms with Crippen LogP contribution in [-0.4, -0.2) is 18.5 Å². The Labute approximate surface area is 119 Å². The lowest BCUT2D eigenvalue weighted by atomic mass is 10.2. The molecule has 4 heteroatoms. The van der Waals surface area contributed by atoms with Gasteiger partial charge in [0.2, 0.25) is 0 Å². The first kappa shape index (κ1) is 16.0. The van der Waals surface area contributed by atoms with Crippen molar-refractivity contribution in [3.05, 3.63) is 42.0 Å². The molecule has 0 bridgehead atoms. The van der Waals surface area contributed by atoms with Crippen LogP contribution in [0.4, 0.5) is 0 Å². The van der Waals surface area contributed by atoms with Gasteiger partial charge in [0, 0.05) is 5.57 Å². The number of hydrogen-bond acceptors (Lipinski definition) is 4. The van der Waals surface area contributed by atoms with Crippen molar-refractivity contribution in [1.29, 1.82) is 0 Å². The Morgan fingerprint density at radius 3 is 2.35 bits per heavy atom. The second-order valence-corrected chi connectivity index (χ2v) is 4.54. The molecule has 1 rings (SSSR count). The van der Waals surface area contributed by atoms with Crippen molar-refractivity contribution in [2.75, 3.05) is 6.61 Å². The van der Waals surface area contributed by atoms with E-state index in [0.717, 1.165) is 19.3 Å². The first-order valence-electron chi connectivity index (χ1n) is 6.69. The Hall–Kier alpha value is -2.10. The lowest BCUT2D eigenvalue weighted by Gasteiger charge is -2.06. The number of hydrogen-bond donors (Lipinski definition) is 0. The molecule has 0 aliphatic rings. The monoisotopic (exact) mass is 276 g/mol. The van der Waals surface area contributed by atoms with Gasteiger partial charge in [-0.2, -0.15) is 0 Å². The van der Waals surface area contributed by atoms with E-state index in [4.69, 9.17) is 9.47 Å². The zero-order chi connectivity index (χ0) is 15.0. The van der Waals surface area contributed by atoms with Crippen LogP contribution in [0.1, 0.15) is 43.5 Å². The first-order chi connectivity index (χ1) is 9.54. The third kappa shape index (κ3) is 5.26. The second-order valence-electron chi connectivity index (χ2n) is 4.54. The smallest absolute Gasteiger partial charge is 0.338 e. The fourth-order valence-electron chi connectivity index (χ4n) is 1.45. The molecule has 0 heterocycles. The topological polar surface area (TPSA) is 52.6 Å². The van der Waals surface area contributed by atoms with E-state index in [0.29, 0.717) is 23.5 Å². The van der Waals surface area contributed by atoms with E-state index in [1.807, 2.05) is 0 Å². The SMILES string of the molecule is C=C(C)C(=O)Oc1ccc(C(=O)OCCCCC)cc1. The molecule has 20 heavy (non-hydrogen) atoms. The minimum Gasteiger partial charge on any atom is -0.462 e. The Bertz CT molecular complexity index is 474. The van der Waals surface area contributed by atoms with Gasteiger partial charge in [-0.25, -0.2) is 9.59 Å². The molecule has 0 fully saturated rings. The van der Waals surface area contributed by atoms with Crippen molar-refractivity contribution in [3.8, 4) is 5.75 Å². The molecule has 0 aromatic heterocycles. The molecule has 1 aromatic carbocycles. The fraction of sp³-hybridized carbons (Fsp3) is 0.375. The predicted molar refractivity (Wildman–Crippen MR) is 76.7 cm³/mol. The van der Waals surface area contributed by atoms with Gasteiger partial charge in [-0.1, -0.05) is 26.3 Å². The molecule has 0 aliphatic carbocycles. The summed E-state index contributed by atoms with van der Waals surface area (Å²) in [5.74, 6) is -0.473. The minimum atomic E-state index is -0.486. The van der Waals surface area contributed by atoms with Crippen molar-refractivity contribution in [2.24, 2.45) is 0 Å². The normalized spacial score (nSPS) is 9.90. The van der Waals surface area contributed by atoms with Crippen LogP contribution in [0.5, 0.6) is 5.75 Å². The van der Waals surface area contributed by atoms with E-state index in [1.54, 1.807) is 31.2 Å². The van der Waals surface area contributed by atoms with Crippen LogP contribution >= 0.6 is 0 Å². The van der Waals surface area contributed by atoms with E-state index in [2.05, 4.69) is 13.5 Å². The first-order valence-corrected chi connectivity index (χ1v) is 6.69. The summed E-state index contributed by atoms with van der Waals surface area (Å²) >= 11 is 0. The van der Waals surface area contributed by atoms with Crippen LogP contribution in [-0.2, 0) is 9.53 Å². The van der Waals surface area contributed by atoms with Crippen LogP contribution in [0.15, 0.2) is 36.4 Å². The third-order valence-corrected chi connectivity index (χ3v) is 2.63. The number of unbranched alkanes of at least 4 members (excludes halogenated alkanes) is 2. The molecular formula is C16H20O4. The Balaban J connectivity index is 2.51. The Morgan fingerprint density at radius 1 is 1.15 bits per heavy atom. The zero-order valence-electron chi connectivity index (χ0n) is 12.0. The summed E-state index contributed by atoms with van der Waals surface area (Å²) in [6, 6.07) is 6.26. The molecule has 0 saturated carbocycles. The van der Waals surface area contributed by atoms with Gasteiger partial charge in [-0.3, -0.25) is 0 Å². The van der Waals surface area contributed by atoms with Crippen LogP contribution in [0.25, 0.3) is 0 Å². The summed E-state index contributed by atoms with van der Waals surface area (Å²) in [5.41, 5.74) is 0.765. The average Bonchev–Trinajstić information content (AvgIpc) is 2.44. The standard InChI is InChI=1S/C16H20O4/c1-4-5-6-11-19-16(18)13-7-9-14(10-8-13)20-15(17)12(2)3/h7-10H,2,4-6,11H2,1,3H3. The van der Waals surface area contributed by atoms with Crippen molar-refractivity contribution in [3.63, 3.8) is 0 Å². The predicted octanol–water partition coefficient (Wildman–Crippen LogP) is 3.52. The molecule has 4 nitrogen and oxygen atoms in total. The maximum absolute atomic E-state index is 11.7. The van der Waals surface area contributed by atoms with Crippen molar-refractivity contribution < 1.29 is 19.1 Å². The number of esters is 2. The molecular weight excluding hydrogens is 256 g/mol. The summed E-state index contributed by atoms with van der Waals surface area (Å²) < 4.78 is 10.2. The van der Waals surface area contributed by atoms with Gasteiger partial charge in [0.1, 0.15) is 5.75 Å². The maximum atomic E-state index is 11.7. The molecule has 0 radical (unpaired) electrons. The number of benzene rings is 1. The number of carbonyl (C=O) groups excluding carboxylic acids is 2. The van der Waals surface area contributed by atoms with Gasteiger partial charge in [0.25, 0.3) is 0 Å². The summed E-state index contributed by atoms with van der Waals surface area (Å²) in [7, 11) is 0. The van der Waals surface area contributed by atoms with Gasteiger partial charge in [-0.15, -0.1) is 0 Å². The van der Waals surface area contributed by atoms with Gasteiger partial charge >= 0.3 is 11.9 Å². The molecule has 0 saturated heterocycles. The molecule has 0 N–H and O–H groups in total. The quantitative estimate of drug-likeness (QED) is 0.331. The molecule has 0 amide bonds. The summed E-state index contributed by atoms with van der Waals surface area (Å²) in [6.45, 7) is 7.59. The summed E-state index contributed by atoms with van der Waals surface area (Å²) in [5, 5.41) is 0. The highest BCUT2D eigenvalue weighted by molar-refractivity contribution is 5.90. The van der Waals surface area contributed by atoms with Gasteiger partial charge < -0.3 is 9.47 Å². The third-order valence-electron chi connectivity index (χ3n) is 2.63. The lowest BCUT2D eigenvalue weighted by molar-refractivity contribution is -0.130. The minimum absolute atomic E-state index is 0.324. The Kier molecular flexibility index (Phi) is 6.50. The van der Waals surface area contributed by atoms with E-state index in [-0.39, 0.29) is 5.97 Å². The van der Waals surface area contributed by atoms with Crippen molar-refractivity contribution in [1.82, 2.24) is 0 Å². The van der Waals surface area contributed by atoms with E-state index >= 15 is 0 Å². The molecule has 0 aliphatic heterocycles. The number of ether oxygens (including phenoxy) is 2. The van der Waals surface area contributed by atoms with Gasteiger partial charge in [0.15, 0.2) is 0 Å². The van der Waals surface area contributed by atoms with Crippen molar-refractivity contribution in [2.45, 2.75) is 33.1 Å². The zero-order valence-corrected chi connectivity index (χ0v) is 12.0. The molecule has 0 atom stereocenters. The number of rotatable bonds is 7. The summed E-state index contributed by atoms with van der Waals surface area (Å²) in [4.78, 5) is 23.0. The lowest BCUT2D eigenvalue weighted by Crippen LogP contribution is -2.09. The maximum Gasteiger partial charge on any atom is 0.338 e. The van der Waals surface area contributed by atoms with Gasteiger partial charge in [0.05, 0.1) is 12.2 Å². The van der Waals surface area contributed by atoms with Crippen molar-refractivity contribution >= 4 is 11.9 Å². The highest BCUT2D eigenvalue weighted by atomic mass is 16.5. The van der Waals surface area contributed by atoms with Crippen LogP contribution in [0.3, 0.4) is 0 Å². The highest BCUT2D eigenvalue weighted by Crippen LogP contribution is 2.14. The van der Waals surface area contributed by atoms with Crippen LogP contribution in [0, 0.1) is 0 Å². The van der Waals surface area contributed by atoms with E-state index in [1.165, 1.54) is 0 Å². The van der Waals surface area contributed by atoms with E-state index in [9.17, 15) is 9.59 Å². The summed E-state index contributed by atoms with van der Waals surface area (Å²) in [6.07, 6.45) is 3.00. The number of carbonyl (C=O) groups is 2. The second kappa shape index (κ2) is 8.15. The molecule has 108 valence electrons. The van der Waals surface area contributed by atoms with Crippen LogP contribution < -0.4 is 4.74 Å². The van der Waals surface area contributed by atoms with E-state index < -0.39 is 5.97 Å².